The fourth-order valence-electron chi connectivity index (χ4n) is 1.98. The van der Waals surface area contributed by atoms with Crippen LogP contribution in [0.25, 0.3) is 5.65 Å². The number of anilines is 1. The van der Waals surface area contributed by atoms with E-state index in [0.29, 0.717) is 12.1 Å². The number of rotatable bonds is 9. The number of carbonyl (C=O) groups excluding carboxylic acids is 1. The standard InChI is InChI=1S/C14H21N5O6P/c1-9(2)25-14(20)22-7-24-26(21)8-23-10(3)4-11-5-18-19-12(11)16-6-17-13(19)15/h5-6,9-10H,4,7-8H2,1-3H3,(H2,15,16,17)/q+1/t10-/m0/s1. The molecule has 1 unspecified atom stereocenters. The average Bonchev–Trinajstić information content (AvgIpc) is 2.97. The smallest absolute Gasteiger partial charge is 0.432 e. The van der Waals surface area contributed by atoms with E-state index in [1.807, 2.05) is 6.92 Å². The number of hydrogen-bond donors (Lipinski definition) is 1. The molecule has 12 heteroatoms. The molecule has 0 fully saturated rings. The van der Waals surface area contributed by atoms with Crippen LogP contribution in [-0.2, 0) is 29.7 Å². The van der Waals surface area contributed by atoms with Gasteiger partial charge in [-0.15, -0.1) is 4.52 Å². The molecule has 0 aliphatic heterocycles. The van der Waals surface area contributed by atoms with E-state index in [4.69, 9.17) is 19.7 Å². The highest BCUT2D eigenvalue weighted by molar-refractivity contribution is 7.38. The molecule has 0 aromatic carbocycles. The van der Waals surface area contributed by atoms with Crippen LogP contribution in [0.2, 0.25) is 0 Å². The number of nitrogens with two attached hydrogens (primary N) is 1. The molecule has 2 aromatic heterocycles. The van der Waals surface area contributed by atoms with Crippen LogP contribution in [0.5, 0.6) is 0 Å². The highest BCUT2D eigenvalue weighted by Gasteiger charge is 2.22. The third-order valence-electron chi connectivity index (χ3n) is 3.08. The number of carbonyl (C=O) groups is 1. The van der Waals surface area contributed by atoms with Crippen molar-refractivity contribution in [3.05, 3.63) is 18.1 Å². The molecule has 2 heterocycles. The zero-order valence-electron chi connectivity index (χ0n) is 14.7. The van der Waals surface area contributed by atoms with Crippen LogP contribution in [0.3, 0.4) is 0 Å². The Morgan fingerprint density at radius 3 is 2.85 bits per heavy atom. The van der Waals surface area contributed by atoms with Gasteiger partial charge in [-0.05, 0) is 25.3 Å². The summed E-state index contributed by atoms with van der Waals surface area (Å²) in [5, 5.41) is 4.11. The van der Waals surface area contributed by atoms with Crippen molar-refractivity contribution in [1.29, 1.82) is 0 Å². The molecule has 2 atom stereocenters. The Bertz CT molecular complexity index is 767. The first-order chi connectivity index (χ1) is 12.4. The Balaban J connectivity index is 1.72. The number of aromatic nitrogens is 4. The minimum Gasteiger partial charge on any atom is -0.432 e. The first kappa shape index (κ1) is 20.0. The van der Waals surface area contributed by atoms with Crippen LogP contribution in [0.4, 0.5) is 10.7 Å². The molecule has 0 aliphatic carbocycles. The number of ether oxygens (including phenoxy) is 3. The molecule has 2 rings (SSSR count). The van der Waals surface area contributed by atoms with Crippen molar-refractivity contribution < 1.29 is 28.1 Å². The average molecular weight is 386 g/mol. The van der Waals surface area contributed by atoms with Gasteiger partial charge in [-0.25, -0.2) is 14.8 Å². The molecule has 0 spiro atoms. The summed E-state index contributed by atoms with van der Waals surface area (Å²) in [6.07, 6.45) is 1.87. The van der Waals surface area contributed by atoms with Gasteiger partial charge < -0.3 is 19.9 Å². The largest absolute Gasteiger partial charge is 0.540 e. The molecule has 0 bridgehead atoms. The van der Waals surface area contributed by atoms with E-state index in [0.717, 1.165) is 5.56 Å². The van der Waals surface area contributed by atoms with Crippen LogP contribution < -0.4 is 5.73 Å². The number of fused-ring (bicyclic) bond motifs is 1. The van der Waals surface area contributed by atoms with Crippen LogP contribution in [0.15, 0.2) is 12.5 Å². The van der Waals surface area contributed by atoms with Crippen molar-refractivity contribution in [1.82, 2.24) is 19.6 Å². The highest BCUT2D eigenvalue weighted by atomic mass is 31.1. The molecular weight excluding hydrogens is 365 g/mol. The van der Waals surface area contributed by atoms with E-state index in [2.05, 4.69) is 19.8 Å². The normalized spacial score (nSPS) is 13.0. The monoisotopic (exact) mass is 386 g/mol. The maximum absolute atomic E-state index is 11.7. The third-order valence-corrected chi connectivity index (χ3v) is 3.83. The van der Waals surface area contributed by atoms with Crippen molar-refractivity contribution in [3.63, 3.8) is 0 Å². The van der Waals surface area contributed by atoms with Crippen molar-refractivity contribution in [2.45, 2.75) is 39.4 Å². The van der Waals surface area contributed by atoms with Gasteiger partial charge in [0.25, 0.3) is 6.35 Å². The zero-order valence-corrected chi connectivity index (χ0v) is 15.6. The van der Waals surface area contributed by atoms with Gasteiger partial charge in [0.1, 0.15) is 6.33 Å². The first-order valence-corrected chi connectivity index (χ1v) is 9.18. The van der Waals surface area contributed by atoms with E-state index in [-0.39, 0.29) is 24.5 Å². The van der Waals surface area contributed by atoms with Gasteiger partial charge in [0.05, 0.1) is 18.4 Å². The predicted octanol–water partition coefficient (Wildman–Crippen LogP) is 1.89. The number of hydrogen-bond acceptors (Lipinski definition) is 10. The maximum atomic E-state index is 11.7. The fraction of sp³-hybridized carbons (Fsp3) is 0.571. The molecule has 0 saturated heterocycles. The Kier molecular flexibility index (Phi) is 7.19. The van der Waals surface area contributed by atoms with Gasteiger partial charge >= 0.3 is 14.2 Å². The second-order valence-electron chi connectivity index (χ2n) is 5.59. The van der Waals surface area contributed by atoms with Gasteiger partial charge in [0.2, 0.25) is 12.7 Å². The summed E-state index contributed by atoms with van der Waals surface area (Å²) in [6, 6.07) is 0. The zero-order chi connectivity index (χ0) is 19.1. The SMILES string of the molecule is CC(C)OC(=O)OCO[P+](=O)CO[C@@H](C)Cc1cnn2c(N)ncnc12. The summed E-state index contributed by atoms with van der Waals surface area (Å²) in [7, 11) is -2.14. The minimum absolute atomic E-state index is 0.143. The van der Waals surface area contributed by atoms with Gasteiger partial charge in [-0.2, -0.15) is 9.61 Å². The summed E-state index contributed by atoms with van der Waals surface area (Å²) in [4.78, 5) is 19.1. The molecular formula is C14H21N5O6P+. The van der Waals surface area contributed by atoms with Crippen molar-refractivity contribution in [2.75, 3.05) is 18.9 Å². The third kappa shape index (κ3) is 5.87. The van der Waals surface area contributed by atoms with Gasteiger partial charge in [-0.1, -0.05) is 0 Å². The van der Waals surface area contributed by atoms with Crippen molar-refractivity contribution in [3.8, 4) is 0 Å². The first-order valence-electron chi connectivity index (χ1n) is 7.82. The van der Waals surface area contributed by atoms with E-state index in [1.54, 1.807) is 20.0 Å². The Morgan fingerprint density at radius 1 is 1.35 bits per heavy atom. The Morgan fingerprint density at radius 2 is 2.12 bits per heavy atom. The predicted molar refractivity (Wildman–Crippen MR) is 90.6 cm³/mol. The van der Waals surface area contributed by atoms with Gasteiger partial charge in [-0.3, -0.25) is 0 Å². The number of nitrogen functional groups attached to an aromatic ring is 1. The Hall–Kier alpha value is -2.36. The Labute approximate surface area is 150 Å². The van der Waals surface area contributed by atoms with Crippen molar-refractivity contribution >= 4 is 25.8 Å². The quantitative estimate of drug-likeness (QED) is 0.386. The minimum atomic E-state index is -2.14. The van der Waals surface area contributed by atoms with Gasteiger partial charge in [0, 0.05) is 12.0 Å². The maximum Gasteiger partial charge on any atom is 0.540 e. The van der Waals surface area contributed by atoms with E-state index >= 15 is 0 Å². The molecule has 2 N–H and O–H groups in total. The van der Waals surface area contributed by atoms with Gasteiger partial charge in [0.15, 0.2) is 5.65 Å². The lowest BCUT2D eigenvalue weighted by molar-refractivity contribution is -0.00795. The molecule has 26 heavy (non-hydrogen) atoms. The molecule has 142 valence electrons. The molecule has 0 aliphatic rings. The molecule has 2 aromatic rings. The van der Waals surface area contributed by atoms with Crippen molar-refractivity contribution in [2.24, 2.45) is 0 Å². The van der Waals surface area contributed by atoms with Crippen LogP contribution in [0, 0.1) is 0 Å². The van der Waals surface area contributed by atoms with Crippen LogP contribution >= 0.6 is 8.03 Å². The molecule has 11 nitrogen and oxygen atoms in total. The van der Waals surface area contributed by atoms with E-state index in [9.17, 15) is 9.36 Å². The second-order valence-corrected chi connectivity index (χ2v) is 6.77. The molecule has 0 saturated carbocycles. The summed E-state index contributed by atoms with van der Waals surface area (Å²) in [5.74, 6) is 0.238. The molecule has 0 amide bonds. The molecule has 0 radical (unpaired) electrons. The fourth-order valence-corrected chi connectivity index (χ4v) is 2.60. The van der Waals surface area contributed by atoms with E-state index in [1.165, 1.54) is 10.8 Å². The topological polar surface area (TPSA) is 140 Å². The summed E-state index contributed by atoms with van der Waals surface area (Å²) in [6.45, 7) is 4.71. The number of nitrogens with zero attached hydrogens (tertiary/aromatic N) is 4. The highest BCUT2D eigenvalue weighted by Crippen LogP contribution is 2.23. The lowest BCUT2D eigenvalue weighted by Crippen LogP contribution is -2.14. The second kappa shape index (κ2) is 9.37. The van der Waals surface area contributed by atoms with Crippen LogP contribution in [-0.4, -0.2) is 51.1 Å². The summed E-state index contributed by atoms with van der Waals surface area (Å²) >= 11 is 0. The summed E-state index contributed by atoms with van der Waals surface area (Å²) in [5.41, 5.74) is 7.12. The summed E-state index contributed by atoms with van der Waals surface area (Å²) < 4.78 is 32.9. The van der Waals surface area contributed by atoms with E-state index < -0.39 is 21.0 Å². The lowest BCUT2D eigenvalue weighted by atomic mass is 10.2. The van der Waals surface area contributed by atoms with Crippen LogP contribution in [0.1, 0.15) is 26.3 Å². The lowest BCUT2D eigenvalue weighted by Gasteiger charge is -2.08.